The van der Waals surface area contributed by atoms with E-state index < -0.39 is 0 Å². The summed E-state index contributed by atoms with van der Waals surface area (Å²) in [6, 6.07) is 5.57. The van der Waals surface area contributed by atoms with Gasteiger partial charge in [0, 0.05) is 12.1 Å². The molecule has 0 aliphatic carbocycles. The Labute approximate surface area is 114 Å². The zero-order valence-corrected chi connectivity index (χ0v) is 10.9. The van der Waals surface area contributed by atoms with Crippen LogP contribution >= 0.6 is 0 Å². The zero-order chi connectivity index (χ0) is 13.9. The first kappa shape index (κ1) is 12.3. The number of hydrogen-bond acceptors (Lipinski definition) is 5. The summed E-state index contributed by atoms with van der Waals surface area (Å²) in [6.07, 6.45) is 1.79. The number of benzene rings is 1. The Morgan fingerprint density at radius 2 is 2.35 bits per heavy atom. The molecule has 3 aromatic rings. The maximum atomic E-state index is 11.8. The molecule has 0 aliphatic rings. The van der Waals surface area contributed by atoms with Crippen LogP contribution in [0, 0.1) is 6.92 Å². The third-order valence-electron chi connectivity index (χ3n) is 2.84. The van der Waals surface area contributed by atoms with Crippen LogP contribution in [0.15, 0.2) is 24.5 Å². The number of rotatable bonds is 4. The highest BCUT2D eigenvalue weighted by Gasteiger charge is 2.05. The SMILES string of the molecule is Cc1nc2ccc(NC(=O)CCn3cnnn3)cc2[nH]1. The molecule has 0 radical (unpaired) electrons. The van der Waals surface area contributed by atoms with Crippen molar-refractivity contribution in [3.63, 3.8) is 0 Å². The quantitative estimate of drug-likeness (QED) is 0.733. The predicted molar refractivity (Wildman–Crippen MR) is 71.9 cm³/mol. The van der Waals surface area contributed by atoms with Crippen molar-refractivity contribution < 1.29 is 4.79 Å². The third-order valence-corrected chi connectivity index (χ3v) is 2.84. The van der Waals surface area contributed by atoms with E-state index in [9.17, 15) is 4.79 Å². The summed E-state index contributed by atoms with van der Waals surface area (Å²) in [5.41, 5.74) is 2.53. The summed E-state index contributed by atoms with van der Waals surface area (Å²) < 4.78 is 1.51. The molecule has 20 heavy (non-hydrogen) atoms. The summed E-state index contributed by atoms with van der Waals surface area (Å²) in [4.78, 5) is 19.3. The van der Waals surface area contributed by atoms with Gasteiger partial charge in [-0.25, -0.2) is 9.67 Å². The maximum absolute atomic E-state index is 11.8. The minimum absolute atomic E-state index is 0.0870. The average molecular weight is 271 g/mol. The van der Waals surface area contributed by atoms with Gasteiger partial charge in [0.05, 0.1) is 17.6 Å². The molecule has 0 saturated heterocycles. The lowest BCUT2D eigenvalue weighted by Crippen LogP contribution is -2.14. The first-order chi connectivity index (χ1) is 9.70. The fourth-order valence-electron chi connectivity index (χ4n) is 1.94. The smallest absolute Gasteiger partial charge is 0.226 e. The van der Waals surface area contributed by atoms with E-state index >= 15 is 0 Å². The lowest BCUT2D eigenvalue weighted by atomic mass is 10.2. The topological polar surface area (TPSA) is 101 Å². The third kappa shape index (κ3) is 2.63. The number of amides is 1. The Morgan fingerprint density at radius 1 is 1.45 bits per heavy atom. The summed E-state index contributed by atoms with van der Waals surface area (Å²) in [5.74, 6) is 0.762. The summed E-state index contributed by atoms with van der Waals surface area (Å²) in [5, 5.41) is 13.6. The van der Waals surface area contributed by atoms with Crippen LogP contribution in [-0.2, 0) is 11.3 Å². The van der Waals surface area contributed by atoms with Crippen molar-refractivity contribution in [2.24, 2.45) is 0 Å². The fraction of sp³-hybridized carbons (Fsp3) is 0.250. The Hall–Kier alpha value is -2.77. The van der Waals surface area contributed by atoms with E-state index in [1.54, 1.807) is 0 Å². The number of anilines is 1. The molecular weight excluding hydrogens is 258 g/mol. The standard InChI is InChI=1S/C12H13N7O/c1-8-14-10-3-2-9(6-11(10)15-8)16-12(20)4-5-19-7-13-17-18-19/h2-3,6-7H,4-5H2,1H3,(H,14,15)(H,16,20). The van der Waals surface area contributed by atoms with Crippen molar-refractivity contribution in [2.75, 3.05) is 5.32 Å². The van der Waals surface area contributed by atoms with E-state index in [0.29, 0.717) is 13.0 Å². The van der Waals surface area contributed by atoms with Gasteiger partial charge in [0.25, 0.3) is 0 Å². The highest BCUT2D eigenvalue weighted by molar-refractivity contribution is 5.92. The van der Waals surface area contributed by atoms with Gasteiger partial charge in [-0.2, -0.15) is 0 Å². The first-order valence-electron chi connectivity index (χ1n) is 6.18. The van der Waals surface area contributed by atoms with E-state index in [-0.39, 0.29) is 5.91 Å². The summed E-state index contributed by atoms with van der Waals surface area (Å²) >= 11 is 0. The van der Waals surface area contributed by atoms with Gasteiger partial charge in [-0.05, 0) is 35.5 Å². The second kappa shape index (κ2) is 5.08. The normalized spacial score (nSPS) is 10.8. The number of aryl methyl sites for hydroxylation is 2. The van der Waals surface area contributed by atoms with E-state index in [1.807, 2.05) is 25.1 Å². The monoisotopic (exact) mass is 271 g/mol. The van der Waals surface area contributed by atoms with Crippen LogP contribution in [-0.4, -0.2) is 36.1 Å². The molecular formula is C12H13N7O. The molecule has 0 saturated carbocycles. The first-order valence-corrected chi connectivity index (χ1v) is 6.18. The Bertz CT molecular complexity index is 731. The van der Waals surface area contributed by atoms with Crippen LogP contribution in [0.4, 0.5) is 5.69 Å². The van der Waals surface area contributed by atoms with E-state index in [2.05, 4.69) is 30.8 Å². The molecule has 1 amide bonds. The van der Waals surface area contributed by atoms with Gasteiger partial charge >= 0.3 is 0 Å². The second-order valence-electron chi connectivity index (χ2n) is 4.43. The second-order valence-corrected chi connectivity index (χ2v) is 4.43. The molecule has 102 valence electrons. The molecule has 8 nitrogen and oxygen atoms in total. The van der Waals surface area contributed by atoms with Gasteiger partial charge in [0.1, 0.15) is 12.2 Å². The molecule has 2 N–H and O–H groups in total. The number of nitrogens with zero attached hydrogens (tertiary/aromatic N) is 5. The van der Waals surface area contributed by atoms with Gasteiger partial charge in [-0.3, -0.25) is 4.79 Å². The van der Waals surface area contributed by atoms with Gasteiger partial charge in [-0.15, -0.1) is 5.10 Å². The van der Waals surface area contributed by atoms with Gasteiger partial charge < -0.3 is 10.3 Å². The number of nitrogens with one attached hydrogen (secondary N) is 2. The van der Waals surface area contributed by atoms with Crippen molar-refractivity contribution in [2.45, 2.75) is 19.9 Å². The molecule has 0 spiro atoms. The largest absolute Gasteiger partial charge is 0.342 e. The number of hydrogen-bond donors (Lipinski definition) is 2. The van der Waals surface area contributed by atoms with Gasteiger partial charge in [0.15, 0.2) is 0 Å². The molecule has 1 aromatic carbocycles. The van der Waals surface area contributed by atoms with E-state index in [4.69, 9.17) is 0 Å². The van der Waals surface area contributed by atoms with Crippen LogP contribution in [0.5, 0.6) is 0 Å². The molecule has 2 aromatic heterocycles. The lowest BCUT2D eigenvalue weighted by Gasteiger charge is -2.04. The number of imidazole rings is 1. The van der Waals surface area contributed by atoms with Crippen LogP contribution in [0.2, 0.25) is 0 Å². The van der Waals surface area contributed by atoms with Crippen molar-refractivity contribution in [3.05, 3.63) is 30.4 Å². The minimum atomic E-state index is -0.0870. The van der Waals surface area contributed by atoms with Crippen LogP contribution in [0.3, 0.4) is 0 Å². The lowest BCUT2D eigenvalue weighted by molar-refractivity contribution is -0.116. The van der Waals surface area contributed by atoms with Crippen LogP contribution in [0.25, 0.3) is 11.0 Å². The Morgan fingerprint density at radius 3 is 3.15 bits per heavy atom. The van der Waals surface area contributed by atoms with E-state index in [1.165, 1.54) is 11.0 Å². The van der Waals surface area contributed by atoms with Crippen molar-refractivity contribution in [1.82, 2.24) is 30.2 Å². The van der Waals surface area contributed by atoms with Crippen LogP contribution in [0.1, 0.15) is 12.2 Å². The predicted octanol–water partition coefficient (Wildman–Crippen LogP) is 0.887. The number of fused-ring (bicyclic) bond motifs is 1. The van der Waals surface area contributed by atoms with Gasteiger partial charge in [-0.1, -0.05) is 0 Å². The van der Waals surface area contributed by atoms with Crippen molar-refractivity contribution in [3.8, 4) is 0 Å². The Kier molecular flexibility index (Phi) is 3.12. The number of aromatic amines is 1. The van der Waals surface area contributed by atoms with E-state index in [0.717, 1.165) is 22.5 Å². The number of tetrazole rings is 1. The number of carbonyl (C=O) groups is 1. The number of carbonyl (C=O) groups excluding carboxylic acids is 1. The molecule has 8 heteroatoms. The highest BCUT2D eigenvalue weighted by atomic mass is 16.1. The Balaban J connectivity index is 1.64. The maximum Gasteiger partial charge on any atom is 0.226 e. The molecule has 0 unspecified atom stereocenters. The van der Waals surface area contributed by atoms with Gasteiger partial charge in [0.2, 0.25) is 5.91 Å². The van der Waals surface area contributed by atoms with Crippen molar-refractivity contribution >= 4 is 22.6 Å². The summed E-state index contributed by atoms with van der Waals surface area (Å²) in [7, 11) is 0. The molecule has 0 aliphatic heterocycles. The fourth-order valence-corrected chi connectivity index (χ4v) is 1.94. The number of H-pyrrole nitrogens is 1. The molecule has 3 rings (SSSR count). The average Bonchev–Trinajstić information content (AvgIpc) is 3.04. The van der Waals surface area contributed by atoms with Crippen molar-refractivity contribution in [1.29, 1.82) is 0 Å². The summed E-state index contributed by atoms with van der Waals surface area (Å²) in [6.45, 7) is 2.34. The highest BCUT2D eigenvalue weighted by Crippen LogP contribution is 2.17. The molecule has 0 atom stereocenters. The number of aromatic nitrogens is 6. The minimum Gasteiger partial charge on any atom is -0.342 e. The molecule has 2 heterocycles. The molecule has 0 bridgehead atoms. The zero-order valence-electron chi connectivity index (χ0n) is 10.9. The van der Waals surface area contributed by atoms with Crippen LogP contribution < -0.4 is 5.32 Å². The molecule has 0 fully saturated rings.